The smallest absolute Gasteiger partial charge is 0.242 e. The SMILES string of the molecule is C=C(/C=C(/c1ccccc1)N(C)CC(=O)N1CCN(c2nc(C)cs2)CC1)c1ccc(C)c(C)c1. The molecule has 0 unspecified atom stereocenters. The van der Waals surface area contributed by atoms with Crippen LogP contribution in [0.25, 0.3) is 11.3 Å². The number of likely N-dealkylation sites (N-methyl/N-ethyl adjacent to an activating group) is 1. The summed E-state index contributed by atoms with van der Waals surface area (Å²) < 4.78 is 0. The van der Waals surface area contributed by atoms with Crippen molar-refractivity contribution in [3.8, 4) is 0 Å². The highest BCUT2D eigenvalue weighted by atomic mass is 32.1. The molecule has 35 heavy (non-hydrogen) atoms. The summed E-state index contributed by atoms with van der Waals surface area (Å²) in [7, 11) is 1.99. The first-order valence-electron chi connectivity index (χ1n) is 12.0. The van der Waals surface area contributed by atoms with Gasteiger partial charge in [-0.1, -0.05) is 55.1 Å². The van der Waals surface area contributed by atoms with Gasteiger partial charge in [-0.2, -0.15) is 0 Å². The van der Waals surface area contributed by atoms with Crippen LogP contribution in [0.1, 0.15) is 27.9 Å². The van der Waals surface area contributed by atoms with Crippen molar-refractivity contribution in [2.45, 2.75) is 20.8 Å². The molecule has 1 fully saturated rings. The highest BCUT2D eigenvalue weighted by Crippen LogP contribution is 2.26. The van der Waals surface area contributed by atoms with Gasteiger partial charge in [-0.25, -0.2) is 4.98 Å². The van der Waals surface area contributed by atoms with Gasteiger partial charge < -0.3 is 14.7 Å². The van der Waals surface area contributed by atoms with Crippen LogP contribution in [0, 0.1) is 20.8 Å². The van der Waals surface area contributed by atoms with Gasteiger partial charge >= 0.3 is 0 Å². The summed E-state index contributed by atoms with van der Waals surface area (Å²) in [6.45, 7) is 14.0. The second-order valence-corrected chi connectivity index (χ2v) is 10.1. The number of aryl methyl sites for hydroxylation is 3. The van der Waals surface area contributed by atoms with Crippen molar-refractivity contribution in [1.82, 2.24) is 14.8 Å². The standard InChI is InChI=1S/C29H34N4OS/c1-21-11-12-26(17-22(21)2)23(3)18-27(25-9-7-6-8-10-25)31(5)19-28(34)32-13-15-33(16-14-32)29-30-24(4)20-35-29/h6-12,17-18,20H,3,13-16,19H2,1-2,4-5H3/b27-18-. The zero-order valence-corrected chi connectivity index (χ0v) is 21.9. The molecule has 5 nitrogen and oxygen atoms in total. The maximum Gasteiger partial charge on any atom is 0.242 e. The molecule has 3 aromatic rings. The number of carbonyl (C=O) groups excluding carboxylic acids is 1. The zero-order valence-electron chi connectivity index (χ0n) is 21.1. The van der Waals surface area contributed by atoms with Crippen LogP contribution in [0.3, 0.4) is 0 Å². The van der Waals surface area contributed by atoms with E-state index < -0.39 is 0 Å². The molecule has 6 heteroatoms. The van der Waals surface area contributed by atoms with Crippen molar-refractivity contribution in [1.29, 1.82) is 0 Å². The molecule has 1 amide bonds. The van der Waals surface area contributed by atoms with Gasteiger partial charge in [0.1, 0.15) is 0 Å². The van der Waals surface area contributed by atoms with Gasteiger partial charge in [0, 0.05) is 44.3 Å². The third-order valence-corrected chi connectivity index (χ3v) is 7.57. The van der Waals surface area contributed by atoms with E-state index in [9.17, 15) is 4.79 Å². The molecule has 1 saturated heterocycles. The first kappa shape index (κ1) is 24.7. The number of carbonyl (C=O) groups is 1. The largest absolute Gasteiger partial charge is 0.365 e. The average molecular weight is 487 g/mol. The molecule has 182 valence electrons. The quantitative estimate of drug-likeness (QED) is 0.419. The zero-order chi connectivity index (χ0) is 24.9. The molecule has 1 aliphatic heterocycles. The van der Waals surface area contributed by atoms with Gasteiger partial charge in [-0.05, 0) is 54.7 Å². The normalized spacial score (nSPS) is 14.2. The predicted molar refractivity (Wildman–Crippen MR) is 148 cm³/mol. The van der Waals surface area contributed by atoms with Crippen LogP contribution in [-0.4, -0.2) is 60.5 Å². The highest BCUT2D eigenvalue weighted by Gasteiger charge is 2.24. The van der Waals surface area contributed by atoms with Crippen LogP contribution < -0.4 is 4.90 Å². The molecule has 0 radical (unpaired) electrons. The van der Waals surface area contributed by atoms with E-state index in [2.05, 4.69) is 72.1 Å². The van der Waals surface area contributed by atoms with E-state index in [1.54, 1.807) is 11.3 Å². The Labute approximate surface area is 213 Å². The molecule has 0 spiro atoms. The van der Waals surface area contributed by atoms with E-state index in [0.717, 1.165) is 46.3 Å². The molecule has 0 aliphatic carbocycles. The first-order chi connectivity index (χ1) is 16.8. The lowest BCUT2D eigenvalue weighted by molar-refractivity contribution is -0.131. The molecule has 0 atom stereocenters. The summed E-state index contributed by atoms with van der Waals surface area (Å²) in [5.41, 5.74) is 7.63. The van der Waals surface area contributed by atoms with Gasteiger partial charge in [0.15, 0.2) is 5.13 Å². The Morgan fingerprint density at radius 2 is 1.74 bits per heavy atom. The van der Waals surface area contributed by atoms with Gasteiger partial charge in [-0.3, -0.25) is 4.79 Å². The minimum absolute atomic E-state index is 0.140. The number of rotatable bonds is 7. The van der Waals surface area contributed by atoms with E-state index in [0.29, 0.717) is 19.6 Å². The van der Waals surface area contributed by atoms with Gasteiger partial charge in [0.25, 0.3) is 0 Å². The summed E-state index contributed by atoms with van der Waals surface area (Å²) in [5.74, 6) is 0.140. The van der Waals surface area contributed by atoms with Crippen molar-refractivity contribution >= 4 is 33.6 Å². The highest BCUT2D eigenvalue weighted by molar-refractivity contribution is 7.13. The number of piperazine rings is 1. The van der Waals surface area contributed by atoms with E-state index in [4.69, 9.17) is 0 Å². The number of nitrogens with zero attached hydrogens (tertiary/aromatic N) is 4. The molecule has 2 aromatic carbocycles. The van der Waals surface area contributed by atoms with Crippen LogP contribution in [0.15, 0.2) is 66.6 Å². The van der Waals surface area contributed by atoms with Crippen LogP contribution in [0.2, 0.25) is 0 Å². The number of amides is 1. The minimum Gasteiger partial charge on any atom is -0.365 e. The maximum atomic E-state index is 13.2. The van der Waals surface area contributed by atoms with Crippen LogP contribution in [0.5, 0.6) is 0 Å². The lowest BCUT2D eigenvalue weighted by Gasteiger charge is -2.35. The summed E-state index contributed by atoms with van der Waals surface area (Å²) in [4.78, 5) is 24.1. The summed E-state index contributed by atoms with van der Waals surface area (Å²) in [5, 5.41) is 3.12. The molecular formula is C29H34N4OS. The monoisotopic (exact) mass is 486 g/mol. The molecular weight excluding hydrogens is 452 g/mol. The number of allylic oxidation sites excluding steroid dienone is 2. The number of thiazole rings is 1. The Morgan fingerprint density at radius 3 is 2.37 bits per heavy atom. The Bertz CT molecular complexity index is 1220. The minimum atomic E-state index is 0.140. The maximum absolute atomic E-state index is 13.2. The summed E-state index contributed by atoms with van der Waals surface area (Å²) in [6.07, 6.45) is 2.09. The molecule has 0 bridgehead atoms. The van der Waals surface area contributed by atoms with Crippen molar-refractivity contribution in [3.05, 3.63) is 94.5 Å². The number of hydrogen-bond donors (Lipinski definition) is 0. The van der Waals surface area contributed by atoms with Crippen molar-refractivity contribution in [2.24, 2.45) is 0 Å². The third kappa shape index (κ3) is 6.01. The fraction of sp³-hybridized carbons (Fsp3) is 0.310. The van der Waals surface area contributed by atoms with Crippen LogP contribution >= 0.6 is 11.3 Å². The Morgan fingerprint density at radius 1 is 1.03 bits per heavy atom. The fourth-order valence-electron chi connectivity index (χ4n) is 4.23. The lowest BCUT2D eigenvalue weighted by Crippen LogP contribution is -2.50. The molecule has 4 rings (SSSR count). The molecule has 0 saturated carbocycles. The summed E-state index contributed by atoms with van der Waals surface area (Å²) >= 11 is 1.67. The predicted octanol–water partition coefficient (Wildman–Crippen LogP) is 5.40. The Kier molecular flexibility index (Phi) is 7.71. The Hall–Kier alpha value is -3.38. The van der Waals surface area contributed by atoms with Crippen LogP contribution in [0.4, 0.5) is 5.13 Å². The van der Waals surface area contributed by atoms with Crippen molar-refractivity contribution in [3.63, 3.8) is 0 Å². The first-order valence-corrected chi connectivity index (χ1v) is 12.9. The average Bonchev–Trinajstić information content (AvgIpc) is 3.30. The lowest BCUT2D eigenvalue weighted by atomic mass is 9.99. The second kappa shape index (κ2) is 10.9. The van der Waals surface area contributed by atoms with Gasteiger partial charge in [-0.15, -0.1) is 11.3 Å². The van der Waals surface area contributed by atoms with Gasteiger partial charge in [0.05, 0.1) is 12.2 Å². The summed E-state index contributed by atoms with van der Waals surface area (Å²) in [6, 6.07) is 16.6. The molecule has 1 aliphatic rings. The van der Waals surface area contributed by atoms with E-state index in [1.807, 2.05) is 42.0 Å². The number of aromatic nitrogens is 1. The molecule has 0 N–H and O–H groups in total. The fourth-order valence-corrected chi connectivity index (χ4v) is 5.09. The van der Waals surface area contributed by atoms with E-state index in [-0.39, 0.29) is 5.91 Å². The number of benzene rings is 2. The number of anilines is 1. The topological polar surface area (TPSA) is 39.7 Å². The van der Waals surface area contributed by atoms with Crippen molar-refractivity contribution < 1.29 is 4.79 Å². The van der Waals surface area contributed by atoms with Crippen LogP contribution in [-0.2, 0) is 4.79 Å². The Balaban J connectivity index is 1.47. The second-order valence-electron chi connectivity index (χ2n) is 9.22. The molecule has 1 aromatic heterocycles. The number of hydrogen-bond acceptors (Lipinski definition) is 5. The molecule has 2 heterocycles. The van der Waals surface area contributed by atoms with E-state index in [1.165, 1.54) is 11.1 Å². The van der Waals surface area contributed by atoms with E-state index >= 15 is 0 Å². The van der Waals surface area contributed by atoms with Gasteiger partial charge in [0.2, 0.25) is 5.91 Å². The third-order valence-electron chi connectivity index (χ3n) is 6.55. The van der Waals surface area contributed by atoms with Crippen molar-refractivity contribution in [2.75, 3.05) is 44.7 Å².